The van der Waals surface area contributed by atoms with Crippen LogP contribution in [0.1, 0.15) is 12.8 Å². The third-order valence-corrected chi connectivity index (χ3v) is 6.07. The highest BCUT2D eigenvalue weighted by Crippen LogP contribution is 2.24. The van der Waals surface area contributed by atoms with Gasteiger partial charge in [-0.3, -0.25) is 4.79 Å². The van der Waals surface area contributed by atoms with E-state index in [0.29, 0.717) is 36.6 Å². The maximum atomic E-state index is 12.4. The van der Waals surface area contributed by atoms with Crippen LogP contribution in [0.25, 0.3) is 0 Å². The van der Waals surface area contributed by atoms with E-state index in [9.17, 15) is 13.2 Å². The van der Waals surface area contributed by atoms with Gasteiger partial charge in [-0.1, -0.05) is 17.7 Å². The molecule has 0 bridgehead atoms. The number of aromatic amines is 1. The van der Waals surface area contributed by atoms with Gasteiger partial charge >= 0.3 is 0 Å². The molecular weight excluding hydrogens is 352 g/mol. The molecule has 1 aliphatic rings. The number of aromatic nitrogens is 2. The normalized spacial score (nSPS) is 16.9. The maximum Gasteiger partial charge on any atom is 0.260 e. The fourth-order valence-corrected chi connectivity index (χ4v) is 4.25. The van der Waals surface area contributed by atoms with Crippen LogP contribution in [0.2, 0.25) is 5.02 Å². The Hall–Kier alpha value is -1.90. The smallest absolute Gasteiger partial charge is 0.260 e. The Morgan fingerprint density at radius 1 is 1.33 bits per heavy atom. The summed E-state index contributed by atoms with van der Waals surface area (Å²) >= 11 is 5.90. The molecule has 0 saturated carbocycles. The second-order valence-electron chi connectivity index (χ2n) is 5.59. The molecule has 1 saturated heterocycles. The largest absolute Gasteiger partial charge is 0.335 e. The van der Waals surface area contributed by atoms with Gasteiger partial charge < -0.3 is 10.3 Å². The summed E-state index contributed by atoms with van der Waals surface area (Å²) in [5.41, 5.74) is 0.639. The van der Waals surface area contributed by atoms with E-state index in [0.717, 1.165) is 0 Å². The lowest BCUT2D eigenvalue weighted by molar-refractivity contribution is -0.120. The van der Waals surface area contributed by atoms with Crippen LogP contribution in [0.5, 0.6) is 0 Å². The lowest BCUT2D eigenvalue weighted by Gasteiger charge is -2.30. The molecule has 7 nitrogen and oxygen atoms in total. The van der Waals surface area contributed by atoms with Crippen LogP contribution in [0.4, 0.5) is 5.69 Å². The number of anilines is 1. The molecule has 1 amide bonds. The zero-order valence-electron chi connectivity index (χ0n) is 12.8. The molecule has 3 rings (SSSR count). The first-order valence-electron chi connectivity index (χ1n) is 7.52. The third-order valence-electron chi connectivity index (χ3n) is 4.01. The van der Waals surface area contributed by atoms with Gasteiger partial charge in [0.15, 0.2) is 5.03 Å². The number of hydrogen-bond donors (Lipinski definition) is 2. The number of amides is 1. The fraction of sp³-hybridized carbons (Fsp3) is 0.333. The standard InChI is InChI=1S/C15H17ClN4O3S/c16-12-2-1-3-13(8-12)19-15(21)11-4-6-20(7-5-11)24(22,23)14-9-17-10-18-14/h1-3,8-11H,4-7H2,(H,17,18)(H,19,21). The molecule has 2 N–H and O–H groups in total. The van der Waals surface area contributed by atoms with Crippen LogP contribution >= 0.6 is 11.6 Å². The van der Waals surface area contributed by atoms with Crippen molar-refractivity contribution >= 4 is 33.2 Å². The number of piperidine rings is 1. The number of benzene rings is 1. The Balaban J connectivity index is 1.60. The van der Waals surface area contributed by atoms with Crippen molar-refractivity contribution < 1.29 is 13.2 Å². The molecule has 24 heavy (non-hydrogen) atoms. The number of rotatable bonds is 4. The van der Waals surface area contributed by atoms with Crippen molar-refractivity contribution in [2.75, 3.05) is 18.4 Å². The number of H-pyrrole nitrogens is 1. The predicted octanol–water partition coefficient (Wildman–Crippen LogP) is 2.10. The number of carbonyl (C=O) groups is 1. The van der Waals surface area contributed by atoms with Gasteiger partial charge in [-0.15, -0.1) is 0 Å². The molecule has 1 fully saturated rings. The van der Waals surface area contributed by atoms with Crippen molar-refractivity contribution in [1.29, 1.82) is 0 Å². The van der Waals surface area contributed by atoms with Crippen molar-refractivity contribution in [3.05, 3.63) is 41.8 Å². The van der Waals surface area contributed by atoms with Gasteiger partial charge in [0.2, 0.25) is 5.91 Å². The molecule has 0 atom stereocenters. The second-order valence-corrected chi connectivity index (χ2v) is 7.94. The Morgan fingerprint density at radius 2 is 2.08 bits per heavy atom. The van der Waals surface area contributed by atoms with E-state index in [1.54, 1.807) is 24.3 Å². The van der Waals surface area contributed by atoms with E-state index in [2.05, 4.69) is 15.3 Å². The Morgan fingerprint density at radius 3 is 2.71 bits per heavy atom. The summed E-state index contributed by atoms with van der Waals surface area (Å²) in [6, 6.07) is 6.94. The molecule has 0 aliphatic carbocycles. The molecule has 0 spiro atoms. The zero-order chi connectivity index (χ0) is 17.2. The number of imidazole rings is 1. The highest BCUT2D eigenvalue weighted by Gasteiger charge is 2.32. The van der Waals surface area contributed by atoms with Gasteiger partial charge in [-0.2, -0.15) is 4.31 Å². The fourth-order valence-electron chi connectivity index (χ4n) is 2.69. The monoisotopic (exact) mass is 368 g/mol. The Bertz CT molecular complexity index is 815. The minimum absolute atomic E-state index is 0.0735. The van der Waals surface area contributed by atoms with Gasteiger partial charge in [-0.25, -0.2) is 13.4 Å². The first kappa shape index (κ1) is 16.9. The van der Waals surface area contributed by atoms with Crippen LogP contribution in [0.15, 0.2) is 41.8 Å². The van der Waals surface area contributed by atoms with Gasteiger partial charge in [0.1, 0.15) is 0 Å². The van der Waals surface area contributed by atoms with Crippen LogP contribution in [-0.2, 0) is 14.8 Å². The number of nitrogens with one attached hydrogen (secondary N) is 2. The van der Waals surface area contributed by atoms with E-state index >= 15 is 0 Å². The molecule has 9 heteroatoms. The van der Waals surface area contributed by atoms with Crippen LogP contribution in [0.3, 0.4) is 0 Å². The van der Waals surface area contributed by atoms with Crippen molar-refractivity contribution in [3.63, 3.8) is 0 Å². The highest BCUT2D eigenvalue weighted by molar-refractivity contribution is 7.89. The number of sulfonamides is 1. The van der Waals surface area contributed by atoms with Crippen molar-refractivity contribution in [2.24, 2.45) is 5.92 Å². The quantitative estimate of drug-likeness (QED) is 0.863. The summed E-state index contributed by atoms with van der Waals surface area (Å²) < 4.78 is 26.2. The Kier molecular flexibility index (Phi) is 4.88. The van der Waals surface area contributed by atoms with Crippen molar-refractivity contribution in [3.8, 4) is 0 Å². The van der Waals surface area contributed by atoms with Crippen LogP contribution < -0.4 is 5.32 Å². The number of nitrogens with zero attached hydrogens (tertiary/aromatic N) is 2. The third kappa shape index (κ3) is 3.61. The van der Waals surface area contributed by atoms with E-state index in [1.807, 2.05) is 0 Å². The minimum atomic E-state index is -3.57. The van der Waals surface area contributed by atoms with Crippen molar-refractivity contribution in [2.45, 2.75) is 17.9 Å². The molecular formula is C15H17ClN4O3S. The molecule has 0 unspecified atom stereocenters. The molecule has 1 aromatic heterocycles. The lowest BCUT2D eigenvalue weighted by Crippen LogP contribution is -2.41. The lowest BCUT2D eigenvalue weighted by atomic mass is 9.97. The number of carbonyl (C=O) groups excluding carboxylic acids is 1. The summed E-state index contributed by atoms with van der Waals surface area (Å²) in [6.45, 7) is 0.601. The average molecular weight is 369 g/mol. The maximum absolute atomic E-state index is 12.4. The van der Waals surface area contributed by atoms with Gasteiger partial charge in [0, 0.05) is 29.7 Å². The molecule has 2 heterocycles. The highest BCUT2D eigenvalue weighted by atomic mass is 35.5. The molecule has 1 aromatic carbocycles. The van der Waals surface area contributed by atoms with Crippen molar-refractivity contribution in [1.82, 2.24) is 14.3 Å². The molecule has 2 aromatic rings. The SMILES string of the molecule is O=C(Nc1cccc(Cl)c1)C1CCN(S(=O)(=O)c2cnc[nH]2)CC1. The Labute approximate surface area is 145 Å². The minimum Gasteiger partial charge on any atom is -0.335 e. The number of halogens is 1. The van der Waals surface area contributed by atoms with Gasteiger partial charge in [0.25, 0.3) is 10.0 Å². The van der Waals surface area contributed by atoms with Gasteiger partial charge in [0.05, 0.1) is 12.5 Å². The van der Waals surface area contributed by atoms with E-state index in [4.69, 9.17) is 11.6 Å². The number of hydrogen-bond acceptors (Lipinski definition) is 4. The van der Waals surface area contributed by atoms with E-state index < -0.39 is 10.0 Å². The second kappa shape index (κ2) is 6.92. The van der Waals surface area contributed by atoms with Gasteiger partial charge in [-0.05, 0) is 31.0 Å². The van der Waals surface area contributed by atoms with Crippen LogP contribution in [-0.4, -0.2) is 41.7 Å². The first-order chi connectivity index (χ1) is 11.5. The summed E-state index contributed by atoms with van der Waals surface area (Å²) in [6.07, 6.45) is 3.56. The first-order valence-corrected chi connectivity index (χ1v) is 9.33. The van der Waals surface area contributed by atoms with Crippen LogP contribution in [0, 0.1) is 5.92 Å². The zero-order valence-corrected chi connectivity index (χ0v) is 14.3. The summed E-state index contributed by atoms with van der Waals surface area (Å²) in [4.78, 5) is 18.7. The molecule has 1 aliphatic heterocycles. The summed E-state index contributed by atoms with van der Waals surface area (Å²) in [5.74, 6) is -0.340. The van der Waals surface area contributed by atoms with E-state index in [-0.39, 0.29) is 16.9 Å². The average Bonchev–Trinajstić information content (AvgIpc) is 3.10. The molecule has 0 radical (unpaired) electrons. The molecule has 128 valence electrons. The van der Waals surface area contributed by atoms with E-state index in [1.165, 1.54) is 16.8 Å². The predicted molar refractivity (Wildman–Crippen MR) is 90.2 cm³/mol. The topological polar surface area (TPSA) is 95.2 Å². The summed E-state index contributed by atoms with van der Waals surface area (Å²) in [7, 11) is -3.57. The summed E-state index contributed by atoms with van der Waals surface area (Å²) in [5, 5.41) is 3.45.